The van der Waals surface area contributed by atoms with Gasteiger partial charge < -0.3 is 19.9 Å². The molecule has 1 N–H and O–H groups in total. The molecule has 162 valence electrons. The number of nitrogens with zero attached hydrogens (tertiary/aromatic N) is 2. The molecule has 0 saturated carbocycles. The monoisotopic (exact) mass is 421 g/mol. The number of carbonyl (C=O) groups excluding carboxylic acids is 1. The summed E-state index contributed by atoms with van der Waals surface area (Å²) in [5.41, 5.74) is 1.55. The zero-order valence-electron chi connectivity index (χ0n) is 17.1. The molecule has 3 rings (SSSR count). The van der Waals surface area contributed by atoms with Gasteiger partial charge in [0, 0.05) is 43.5 Å². The van der Waals surface area contributed by atoms with Crippen molar-refractivity contribution < 1.29 is 22.7 Å². The maximum absolute atomic E-state index is 13.9. The SMILES string of the molecule is CCN1CCN(c2ccc(F)cc2[C@H](C)NC(=O)COc2ccc(F)cc2F)CC1. The fourth-order valence-corrected chi connectivity index (χ4v) is 3.56. The number of hydrogen-bond donors (Lipinski definition) is 1. The number of hydrogen-bond acceptors (Lipinski definition) is 4. The van der Waals surface area contributed by atoms with E-state index in [1.165, 1.54) is 12.1 Å². The van der Waals surface area contributed by atoms with Crippen LogP contribution in [0.1, 0.15) is 25.5 Å². The Kier molecular flexibility index (Phi) is 7.20. The summed E-state index contributed by atoms with van der Waals surface area (Å²) in [6.45, 7) is 7.92. The minimum Gasteiger partial charge on any atom is -0.481 e. The molecule has 1 atom stereocenters. The van der Waals surface area contributed by atoms with E-state index < -0.39 is 30.2 Å². The molecule has 30 heavy (non-hydrogen) atoms. The van der Waals surface area contributed by atoms with E-state index in [0.717, 1.165) is 50.5 Å². The van der Waals surface area contributed by atoms with Crippen LogP contribution in [-0.2, 0) is 4.79 Å². The van der Waals surface area contributed by atoms with Crippen molar-refractivity contribution in [3.05, 3.63) is 59.4 Å². The van der Waals surface area contributed by atoms with Gasteiger partial charge in [0.1, 0.15) is 11.6 Å². The molecule has 0 spiro atoms. The van der Waals surface area contributed by atoms with Gasteiger partial charge in [-0.15, -0.1) is 0 Å². The first-order valence-corrected chi connectivity index (χ1v) is 10.0. The average molecular weight is 421 g/mol. The summed E-state index contributed by atoms with van der Waals surface area (Å²) in [4.78, 5) is 16.8. The highest BCUT2D eigenvalue weighted by atomic mass is 19.1. The molecule has 1 fully saturated rings. The highest BCUT2D eigenvalue weighted by Crippen LogP contribution is 2.28. The Morgan fingerprint density at radius 2 is 1.73 bits per heavy atom. The van der Waals surface area contributed by atoms with Gasteiger partial charge in [0.2, 0.25) is 0 Å². The van der Waals surface area contributed by atoms with Crippen molar-refractivity contribution in [1.29, 1.82) is 0 Å². The van der Waals surface area contributed by atoms with E-state index in [0.29, 0.717) is 11.6 Å². The lowest BCUT2D eigenvalue weighted by atomic mass is 10.0. The summed E-state index contributed by atoms with van der Waals surface area (Å²) in [5.74, 6) is -2.69. The third kappa shape index (κ3) is 5.44. The molecule has 1 saturated heterocycles. The second-order valence-electron chi connectivity index (χ2n) is 7.28. The summed E-state index contributed by atoms with van der Waals surface area (Å²) in [5, 5.41) is 2.76. The number of nitrogens with one attached hydrogen (secondary N) is 1. The van der Waals surface area contributed by atoms with Gasteiger partial charge >= 0.3 is 0 Å². The molecular formula is C22H26F3N3O2. The van der Waals surface area contributed by atoms with E-state index in [1.807, 2.05) is 0 Å². The summed E-state index contributed by atoms with van der Waals surface area (Å²) in [6.07, 6.45) is 0. The summed E-state index contributed by atoms with van der Waals surface area (Å²) < 4.78 is 45.7. The van der Waals surface area contributed by atoms with Crippen molar-refractivity contribution in [2.45, 2.75) is 19.9 Å². The topological polar surface area (TPSA) is 44.8 Å². The zero-order valence-corrected chi connectivity index (χ0v) is 17.1. The molecule has 8 heteroatoms. The second kappa shape index (κ2) is 9.84. The molecule has 0 radical (unpaired) electrons. The van der Waals surface area contributed by atoms with Crippen LogP contribution in [-0.4, -0.2) is 50.1 Å². The first-order valence-electron chi connectivity index (χ1n) is 10.0. The molecule has 1 heterocycles. The predicted molar refractivity (Wildman–Crippen MR) is 109 cm³/mol. The molecule has 0 bridgehead atoms. The number of carbonyl (C=O) groups is 1. The number of benzene rings is 2. The van der Waals surface area contributed by atoms with Gasteiger partial charge in [-0.1, -0.05) is 6.92 Å². The van der Waals surface area contributed by atoms with Gasteiger partial charge in [0.25, 0.3) is 5.91 Å². The van der Waals surface area contributed by atoms with Gasteiger partial charge in [-0.2, -0.15) is 0 Å². The van der Waals surface area contributed by atoms with E-state index in [1.54, 1.807) is 13.0 Å². The number of halogens is 3. The number of rotatable bonds is 7. The third-order valence-electron chi connectivity index (χ3n) is 5.25. The van der Waals surface area contributed by atoms with Crippen molar-refractivity contribution in [1.82, 2.24) is 10.2 Å². The van der Waals surface area contributed by atoms with Crippen molar-refractivity contribution >= 4 is 11.6 Å². The Hall–Kier alpha value is -2.74. The fourth-order valence-electron chi connectivity index (χ4n) is 3.56. The van der Waals surface area contributed by atoms with Crippen LogP contribution in [0.25, 0.3) is 0 Å². The standard InChI is InChI=1S/C22H26F3N3O2/c1-3-27-8-10-28(11-9-27)20-6-4-16(23)12-18(20)15(2)26-22(29)14-30-21-7-5-17(24)13-19(21)25/h4-7,12-13,15H,3,8-11,14H2,1-2H3,(H,26,29)/t15-/m0/s1. The lowest BCUT2D eigenvalue weighted by Gasteiger charge is -2.37. The zero-order chi connectivity index (χ0) is 21.7. The maximum atomic E-state index is 13.9. The van der Waals surface area contributed by atoms with E-state index >= 15 is 0 Å². The quantitative estimate of drug-likeness (QED) is 0.743. The number of amides is 1. The molecule has 0 aromatic heterocycles. The number of anilines is 1. The smallest absolute Gasteiger partial charge is 0.258 e. The van der Waals surface area contributed by atoms with Crippen molar-refractivity contribution in [2.75, 3.05) is 44.2 Å². The molecule has 5 nitrogen and oxygen atoms in total. The molecule has 1 aliphatic rings. The highest BCUT2D eigenvalue weighted by molar-refractivity contribution is 5.78. The largest absolute Gasteiger partial charge is 0.481 e. The van der Waals surface area contributed by atoms with Gasteiger partial charge in [-0.3, -0.25) is 4.79 Å². The van der Waals surface area contributed by atoms with Gasteiger partial charge in [0.15, 0.2) is 18.2 Å². The predicted octanol–water partition coefficient (Wildman–Crippen LogP) is 3.50. The Bertz CT molecular complexity index is 886. The summed E-state index contributed by atoms with van der Waals surface area (Å²) in [7, 11) is 0. The molecule has 0 aliphatic carbocycles. The number of piperazine rings is 1. The van der Waals surface area contributed by atoms with Crippen LogP contribution in [0.15, 0.2) is 36.4 Å². The maximum Gasteiger partial charge on any atom is 0.258 e. The number of likely N-dealkylation sites (N-methyl/N-ethyl adjacent to an activating group) is 1. The van der Waals surface area contributed by atoms with Crippen molar-refractivity contribution in [3.63, 3.8) is 0 Å². The Morgan fingerprint density at radius 1 is 1.07 bits per heavy atom. The van der Waals surface area contributed by atoms with Crippen molar-refractivity contribution in [2.24, 2.45) is 0 Å². The second-order valence-corrected chi connectivity index (χ2v) is 7.28. The first-order chi connectivity index (χ1) is 14.4. The highest BCUT2D eigenvalue weighted by Gasteiger charge is 2.22. The van der Waals surface area contributed by atoms with E-state index in [4.69, 9.17) is 4.74 Å². The van der Waals surface area contributed by atoms with Crippen LogP contribution in [0, 0.1) is 17.5 Å². The minimum atomic E-state index is -0.880. The molecular weight excluding hydrogens is 395 g/mol. The Morgan fingerprint density at radius 3 is 2.40 bits per heavy atom. The third-order valence-corrected chi connectivity index (χ3v) is 5.25. The average Bonchev–Trinajstić information content (AvgIpc) is 2.73. The molecule has 1 amide bonds. The Balaban J connectivity index is 1.65. The lowest BCUT2D eigenvalue weighted by Crippen LogP contribution is -2.46. The van der Waals surface area contributed by atoms with Gasteiger partial charge in [-0.25, -0.2) is 13.2 Å². The Labute approximate surface area is 174 Å². The van der Waals surface area contributed by atoms with Crippen molar-refractivity contribution in [3.8, 4) is 5.75 Å². The van der Waals surface area contributed by atoms with Crippen LogP contribution < -0.4 is 15.0 Å². The van der Waals surface area contributed by atoms with Crippen LogP contribution >= 0.6 is 0 Å². The van der Waals surface area contributed by atoms with E-state index in [-0.39, 0.29) is 11.6 Å². The van der Waals surface area contributed by atoms with Crippen LogP contribution in [0.3, 0.4) is 0 Å². The molecule has 0 unspecified atom stereocenters. The normalized spacial score (nSPS) is 15.7. The summed E-state index contributed by atoms with van der Waals surface area (Å²) >= 11 is 0. The van der Waals surface area contributed by atoms with Crippen LogP contribution in [0.2, 0.25) is 0 Å². The lowest BCUT2D eigenvalue weighted by molar-refractivity contribution is -0.123. The van der Waals surface area contributed by atoms with Crippen LogP contribution in [0.4, 0.5) is 18.9 Å². The fraction of sp³-hybridized carbons (Fsp3) is 0.409. The molecule has 1 aliphatic heterocycles. The summed E-state index contributed by atoms with van der Waals surface area (Å²) in [6, 6.07) is 6.96. The van der Waals surface area contributed by atoms with Gasteiger partial charge in [0.05, 0.1) is 6.04 Å². The van der Waals surface area contributed by atoms with Gasteiger partial charge in [-0.05, 0) is 43.8 Å². The van der Waals surface area contributed by atoms with E-state index in [2.05, 4.69) is 22.0 Å². The number of ether oxygens (including phenoxy) is 1. The first kappa shape index (κ1) is 22.0. The van der Waals surface area contributed by atoms with E-state index in [9.17, 15) is 18.0 Å². The van der Waals surface area contributed by atoms with Crippen LogP contribution in [0.5, 0.6) is 5.75 Å². The minimum absolute atomic E-state index is 0.209. The molecule has 2 aromatic rings. The molecule has 2 aromatic carbocycles.